The van der Waals surface area contributed by atoms with Gasteiger partial charge in [-0.2, -0.15) is 0 Å². The summed E-state index contributed by atoms with van der Waals surface area (Å²) in [4.78, 5) is 34.4. The fourth-order valence-corrected chi connectivity index (χ4v) is 5.89. The molecule has 0 radical (unpaired) electrons. The lowest BCUT2D eigenvalue weighted by Crippen LogP contribution is -2.38. The molecule has 1 aliphatic carbocycles. The van der Waals surface area contributed by atoms with Crippen LogP contribution in [0.15, 0.2) is 115 Å². The molecule has 0 fully saturated rings. The number of carbonyl (C=O) groups excluding carboxylic acids is 2. The predicted octanol–water partition coefficient (Wildman–Crippen LogP) is 7.59. The number of hydrogen-bond acceptors (Lipinski definition) is 4. The van der Waals surface area contributed by atoms with E-state index < -0.39 is 6.04 Å². The second-order valence-corrected chi connectivity index (χ2v) is 11.7. The number of para-hydroxylation sites is 2. The molecule has 5 nitrogen and oxygen atoms in total. The van der Waals surface area contributed by atoms with E-state index >= 15 is 0 Å². The molecule has 0 spiro atoms. The standard InChI is InChI=1S/C35H33N3O2/c1-35(2,3)27-15-13-23(14-16-27)26-21-29-32(31(39)22-26)33(24-17-19-36-20-18-24)38(30-12-8-7-11-28(30)37-29)34(40)25-9-5-4-6-10-25/h4-20,26,33,37H,21-22H2,1-3H3/t26-,33+/m0/s1. The molecule has 2 aliphatic rings. The molecule has 4 aromatic rings. The Morgan fingerprint density at radius 2 is 1.50 bits per heavy atom. The summed E-state index contributed by atoms with van der Waals surface area (Å²) < 4.78 is 0. The minimum Gasteiger partial charge on any atom is -0.357 e. The van der Waals surface area contributed by atoms with Crippen LogP contribution >= 0.6 is 0 Å². The van der Waals surface area contributed by atoms with Gasteiger partial charge in [-0.3, -0.25) is 19.5 Å². The number of anilines is 2. The average Bonchev–Trinajstić information content (AvgIpc) is 3.12. The van der Waals surface area contributed by atoms with Crippen LogP contribution in [-0.4, -0.2) is 16.7 Å². The molecule has 5 heteroatoms. The highest BCUT2D eigenvalue weighted by Crippen LogP contribution is 2.47. The van der Waals surface area contributed by atoms with Crippen LogP contribution in [0.4, 0.5) is 11.4 Å². The van der Waals surface area contributed by atoms with Crippen molar-refractivity contribution >= 4 is 23.1 Å². The number of aromatic nitrogens is 1. The number of Topliss-reactive ketones (excluding diaryl/α,β-unsaturated/α-hetero) is 1. The number of hydrogen-bond donors (Lipinski definition) is 1. The lowest BCUT2D eigenvalue weighted by Gasteiger charge is -2.35. The molecule has 2 atom stereocenters. The Hall–Kier alpha value is -4.51. The van der Waals surface area contributed by atoms with Gasteiger partial charge in [0.2, 0.25) is 0 Å². The molecule has 40 heavy (non-hydrogen) atoms. The summed E-state index contributed by atoms with van der Waals surface area (Å²) in [6.07, 6.45) is 4.51. The van der Waals surface area contributed by atoms with Gasteiger partial charge in [0.05, 0.1) is 17.4 Å². The summed E-state index contributed by atoms with van der Waals surface area (Å²) in [6.45, 7) is 6.62. The maximum absolute atomic E-state index is 14.2. The summed E-state index contributed by atoms with van der Waals surface area (Å²) in [5.41, 5.74) is 6.99. The minimum atomic E-state index is -0.585. The maximum atomic E-state index is 14.2. The summed E-state index contributed by atoms with van der Waals surface area (Å²) in [5, 5.41) is 3.61. The lowest BCUT2D eigenvalue weighted by atomic mass is 9.77. The zero-order valence-electron chi connectivity index (χ0n) is 23.1. The van der Waals surface area contributed by atoms with Crippen molar-refractivity contribution in [1.29, 1.82) is 0 Å². The molecule has 0 bridgehead atoms. The van der Waals surface area contributed by atoms with Crippen LogP contribution in [0.3, 0.4) is 0 Å². The molecule has 1 amide bonds. The highest BCUT2D eigenvalue weighted by atomic mass is 16.2. The maximum Gasteiger partial charge on any atom is 0.259 e. The number of carbonyl (C=O) groups is 2. The fraction of sp³-hybridized carbons (Fsp3) is 0.229. The Bertz CT molecular complexity index is 1590. The van der Waals surface area contributed by atoms with Crippen molar-refractivity contribution in [2.45, 2.75) is 51.0 Å². The van der Waals surface area contributed by atoms with Crippen LogP contribution in [0.5, 0.6) is 0 Å². The van der Waals surface area contributed by atoms with E-state index in [-0.39, 0.29) is 23.0 Å². The third kappa shape index (κ3) is 4.73. The van der Waals surface area contributed by atoms with E-state index in [1.165, 1.54) is 5.56 Å². The number of amides is 1. The quantitative estimate of drug-likeness (QED) is 0.298. The summed E-state index contributed by atoms with van der Waals surface area (Å²) >= 11 is 0. The summed E-state index contributed by atoms with van der Waals surface area (Å²) in [6, 6.07) is 29.0. The third-order valence-corrected chi connectivity index (χ3v) is 8.00. The van der Waals surface area contributed by atoms with Gasteiger partial charge in [0, 0.05) is 35.6 Å². The molecule has 0 saturated carbocycles. The highest BCUT2D eigenvalue weighted by molar-refractivity contribution is 6.12. The van der Waals surface area contributed by atoms with Crippen LogP contribution in [-0.2, 0) is 10.2 Å². The van der Waals surface area contributed by atoms with Crippen LogP contribution < -0.4 is 10.2 Å². The monoisotopic (exact) mass is 527 g/mol. The smallest absolute Gasteiger partial charge is 0.259 e. The van der Waals surface area contributed by atoms with Gasteiger partial charge in [-0.15, -0.1) is 0 Å². The van der Waals surface area contributed by atoms with Crippen LogP contribution in [0, 0.1) is 0 Å². The van der Waals surface area contributed by atoms with Crippen molar-refractivity contribution in [2.24, 2.45) is 0 Å². The third-order valence-electron chi connectivity index (χ3n) is 8.00. The van der Waals surface area contributed by atoms with Gasteiger partial charge in [-0.25, -0.2) is 0 Å². The zero-order chi connectivity index (χ0) is 27.9. The molecule has 1 aromatic heterocycles. The Balaban J connectivity index is 1.49. The Morgan fingerprint density at radius 3 is 2.20 bits per heavy atom. The van der Waals surface area contributed by atoms with Gasteiger partial charge in [0.25, 0.3) is 5.91 Å². The fourth-order valence-electron chi connectivity index (χ4n) is 5.89. The van der Waals surface area contributed by atoms with Gasteiger partial charge in [-0.05, 0) is 70.8 Å². The molecular weight excluding hydrogens is 494 g/mol. The van der Waals surface area contributed by atoms with Crippen LogP contribution in [0.2, 0.25) is 0 Å². The number of nitrogens with one attached hydrogen (secondary N) is 1. The van der Waals surface area contributed by atoms with Crippen molar-refractivity contribution in [1.82, 2.24) is 4.98 Å². The van der Waals surface area contributed by atoms with Gasteiger partial charge in [-0.1, -0.05) is 75.4 Å². The van der Waals surface area contributed by atoms with Crippen molar-refractivity contribution in [2.75, 3.05) is 10.2 Å². The van der Waals surface area contributed by atoms with Gasteiger partial charge >= 0.3 is 0 Å². The molecule has 2 heterocycles. The topological polar surface area (TPSA) is 62.3 Å². The van der Waals surface area contributed by atoms with E-state index in [0.29, 0.717) is 24.0 Å². The zero-order valence-corrected chi connectivity index (χ0v) is 23.1. The molecule has 0 saturated heterocycles. The molecule has 0 unspecified atom stereocenters. The van der Waals surface area contributed by atoms with E-state index in [1.54, 1.807) is 17.3 Å². The first kappa shape index (κ1) is 25.8. The largest absolute Gasteiger partial charge is 0.357 e. The molecule has 1 N–H and O–H groups in total. The second kappa shape index (κ2) is 10.2. The number of nitrogens with zero attached hydrogens (tertiary/aromatic N) is 2. The normalized spacial score (nSPS) is 18.9. The first-order valence-corrected chi connectivity index (χ1v) is 13.8. The lowest BCUT2D eigenvalue weighted by molar-refractivity contribution is -0.116. The van der Waals surface area contributed by atoms with Crippen molar-refractivity contribution < 1.29 is 9.59 Å². The number of ketones is 1. The van der Waals surface area contributed by atoms with Gasteiger partial charge < -0.3 is 5.32 Å². The van der Waals surface area contributed by atoms with Gasteiger partial charge in [0.1, 0.15) is 0 Å². The number of allylic oxidation sites excluding steroid dienone is 1. The summed E-state index contributed by atoms with van der Waals surface area (Å²) in [7, 11) is 0. The predicted molar refractivity (Wildman–Crippen MR) is 159 cm³/mol. The van der Waals surface area contributed by atoms with Crippen molar-refractivity contribution in [3.05, 3.63) is 137 Å². The van der Waals surface area contributed by atoms with E-state index in [9.17, 15) is 9.59 Å². The molecule has 200 valence electrons. The van der Waals surface area contributed by atoms with Crippen molar-refractivity contribution in [3.63, 3.8) is 0 Å². The van der Waals surface area contributed by atoms with E-state index in [1.807, 2.05) is 66.7 Å². The Labute approximate surface area is 235 Å². The van der Waals surface area contributed by atoms with Crippen LogP contribution in [0.25, 0.3) is 0 Å². The minimum absolute atomic E-state index is 0.0504. The first-order valence-electron chi connectivity index (χ1n) is 13.8. The summed E-state index contributed by atoms with van der Waals surface area (Å²) in [5.74, 6) is -0.0494. The second-order valence-electron chi connectivity index (χ2n) is 11.7. The SMILES string of the molecule is CC(C)(C)c1ccc([C@@H]2CC(=O)C3=C(C2)Nc2ccccc2N(C(=O)c2ccccc2)[C@@H]3c2ccncc2)cc1. The van der Waals surface area contributed by atoms with E-state index in [2.05, 4.69) is 55.3 Å². The number of rotatable bonds is 3. The molecule has 1 aliphatic heterocycles. The average molecular weight is 528 g/mol. The number of benzene rings is 3. The number of fused-ring (bicyclic) bond motifs is 1. The number of pyridine rings is 1. The molecular formula is C35H33N3O2. The highest BCUT2D eigenvalue weighted by Gasteiger charge is 2.41. The Kier molecular flexibility index (Phi) is 6.59. The Morgan fingerprint density at radius 1 is 0.825 bits per heavy atom. The molecule has 6 rings (SSSR count). The van der Waals surface area contributed by atoms with Gasteiger partial charge in [0.15, 0.2) is 5.78 Å². The van der Waals surface area contributed by atoms with Crippen LogP contribution in [0.1, 0.15) is 72.6 Å². The first-order chi connectivity index (χ1) is 19.3. The van der Waals surface area contributed by atoms with E-state index in [0.717, 1.165) is 28.2 Å². The van der Waals surface area contributed by atoms with E-state index in [4.69, 9.17) is 0 Å². The van der Waals surface area contributed by atoms with Crippen molar-refractivity contribution in [3.8, 4) is 0 Å². The molecule has 3 aromatic carbocycles.